The summed E-state index contributed by atoms with van der Waals surface area (Å²) < 4.78 is 28.3. The summed E-state index contributed by atoms with van der Waals surface area (Å²) in [5.74, 6) is -0.635. The van der Waals surface area contributed by atoms with Gasteiger partial charge in [0.2, 0.25) is 11.9 Å². The molecule has 6 heteroatoms. The SMILES string of the molecule is [2H]C([2H])([2H])N(CCC)C(=NC(=O)OC(C)(C)C)NC(=O)CCCCCCCCCC. The van der Waals surface area contributed by atoms with E-state index in [0.717, 1.165) is 24.2 Å². The Morgan fingerprint density at radius 2 is 1.59 bits per heavy atom. The van der Waals surface area contributed by atoms with Gasteiger partial charge in [-0.1, -0.05) is 58.8 Å². The largest absolute Gasteiger partial charge is 0.442 e. The van der Waals surface area contributed by atoms with Gasteiger partial charge in [0, 0.05) is 24.1 Å². The van der Waals surface area contributed by atoms with Crippen LogP contribution in [0.5, 0.6) is 0 Å². The van der Waals surface area contributed by atoms with Crippen LogP contribution in [0.3, 0.4) is 0 Å². The molecule has 0 radical (unpaired) electrons. The molecule has 0 aliphatic carbocycles. The second-order valence-corrected chi connectivity index (χ2v) is 7.84. The molecule has 0 spiro atoms. The average molecular weight is 387 g/mol. The number of nitrogens with one attached hydrogen (secondary N) is 1. The zero-order valence-corrected chi connectivity index (χ0v) is 17.9. The number of aliphatic imine (C=N–C) groups is 1. The van der Waals surface area contributed by atoms with Gasteiger partial charge in [-0.3, -0.25) is 10.1 Å². The molecule has 0 aromatic carbocycles. The Kier molecular flexibility index (Phi) is 10.8. The first-order valence-corrected chi connectivity index (χ1v) is 10.3. The number of nitrogens with zero attached hydrogens (tertiary/aromatic N) is 2. The molecule has 0 aliphatic rings. The highest BCUT2D eigenvalue weighted by Crippen LogP contribution is 2.10. The van der Waals surface area contributed by atoms with Crippen LogP contribution in [0.4, 0.5) is 4.79 Å². The molecule has 0 unspecified atom stereocenters. The number of rotatable bonds is 11. The maximum atomic E-state index is 12.4. The van der Waals surface area contributed by atoms with E-state index in [4.69, 9.17) is 8.85 Å². The second kappa shape index (κ2) is 14.5. The first-order chi connectivity index (χ1) is 13.9. The van der Waals surface area contributed by atoms with E-state index in [-0.39, 0.29) is 24.8 Å². The molecule has 0 rings (SSSR count). The van der Waals surface area contributed by atoms with Crippen LogP contribution >= 0.6 is 0 Å². The Labute approximate surface area is 170 Å². The molecule has 1 N–H and O–H groups in total. The number of unbranched alkanes of at least 4 members (excludes halogenated alkanes) is 7. The van der Waals surface area contributed by atoms with Gasteiger partial charge in [0.05, 0.1) is 0 Å². The normalized spacial score (nSPS) is 14.1. The topological polar surface area (TPSA) is 71.0 Å². The Balaban J connectivity index is 4.91. The summed E-state index contributed by atoms with van der Waals surface area (Å²) in [7, 11) is 0. The number of carbonyl (C=O) groups is 2. The van der Waals surface area contributed by atoms with Gasteiger partial charge in [-0.25, -0.2) is 4.79 Å². The molecule has 0 bridgehead atoms. The summed E-state index contributed by atoms with van der Waals surface area (Å²) in [6.45, 7) is 6.65. The first-order valence-electron chi connectivity index (χ1n) is 11.8. The molecule has 158 valence electrons. The predicted molar refractivity (Wildman–Crippen MR) is 112 cm³/mol. The molecule has 0 fully saturated rings. The third kappa shape index (κ3) is 15.2. The summed E-state index contributed by atoms with van der Waals surface area (Å²) in [6.07, 6.45) is 8.68. The van der Waals surface area contributed by atoms with E-state index in [1.165, 1.54) is 25.7 Å². The van der Waals surface area contributed by atoms with Gasteiger partial charge in [-0.2, -0.15) is 0 Å². The molecular weight excluding hydrogens is 342 g/mol. The van der Waals surface area contributed by atoms with Crippen molar-refractivity contribution in [2.45, 2.75) is 104 Å². The number of amides is 2. The number of hydrogen-bond donors (Lipinski definition) is 1. The summed E-state index contributed by atoms with van der Waals surface area (Å²) in [6, 6.07) is 0. The van der Waals surface area contributed by atoms with E-state index >= 15 is 0 Å². The van der Waals surface area contributed by atoms with E-state index in [1.807, 2.05) is 6.92 Å². The van der Waals surface area contributed by atoms with Crippen LogP contribution in [0.25, 0.3) is 0 Å². The van der Waals surface area contributed by atoms with Gasteiger partial charge in [0.15, 0.2) is 0 Å². The third-order valence-electron chi connectivity index (χ3n) is 3.80. The minimum atomic E-state index is -2.54. The second-order valence-electron chi connectivity index (χ2n) is 7.84. The molecule has 0 atom stereocenters. The lowest BCUT2D eigenvalue weighted by Gasteiger charge is -2.22. The lowest BCUT2D eigenvalue weighted by Crippen LogP contribution is -2.43. The Morgan fingerprint density at radius 1 is 1.00 bits per heavy atom. The molecular formula is C21H41N3O3. The fourth-order valence-corrected chi connectivity index (χ4v) is 2.46. The van der Waals surface area contributed by atoms with Crippen LogP contribution in [0.1, 0.15) is 103 Å². The minimum absolute atomic E-state index is 0.121. The molecule has 27 heavy (non-hydrogen) atoms. The summed E-state index contributed by atoms with van der Waals surface area (Å²) in [5.41, 5.74) is -0.775. The minimum Gasteiger partial charge on any atom is -0.442 e. The number of carbonyl (C=O) groups excluding carboxylic acids is 2. The zero-order valence-electron chi connectivity index (χ0n) is 20.9. The third-order valence-corrected chi connectivity index (χ3v) is 3.80. The lowest BCUT2D eigenvalue weighted by molar-refractivity contribution is -0.119. The van der Waals surface area contributed by atoms with Gasteiger partial charge < -0.3 is 9.64 Å². The predicted octanol–water partition coefficient (Wildman–Crippen LogP) is 5.27. The van der Waals surface area contributed by atoms with Crippen molar-refractivity contribution in [3.05, 3.63) is 0 Å². The van der Waals surface area contributed by atoms with Gasteiger partial charge in [0.25, 0.3) is 0 Å². The highest BCUT2D eigenvalue weighted by molar-refractivity contribution is 6.00. The Morgan fingerprint density at radius 3 is 2.11 bits per heavy atom. The van der Waals surface area contributed by atoms with Crippen molar-refractivity contribution < 1.29 is 18.4 Å². The molecule has 0 aromatic rings. The number of hydrogen-bond acceptors (Lipinski definition) is 3. The van der Waals surface area contributed by atoms with E-state index < -0.39 is 18.7 Å². The van der Waals surface area contributed by atoms with Gasteiger partial charge in [0.1, 0.15) is 5.60 Å². The van der Waals surface area contributed by atoms with Crippen LogP contribution in [0.15, 0.2) is 4.99 Å². The van der Waals surface area contributed by atoms with Crippen LogP contribution < -0.4 is 5.32 Å². The lowest BCUT2D eigenvalue weighted by atomic mass is 10.1. The highest BCUT2D eigenvalue weighted by atomic mass is 16.6. The van der Waals surface area contributed by atoms with Crippen LogP contribution in [0.2, 0.25) is 0 Å². The van der Waals surface area contributed by atoms with Crippen molar-refractivity contribution in [3.8, 4) is 0 Å². The van der Waals surface area contributed by atoms with E-state index in [2.05, 4.69) is 17.2 Å². The standard InChI is InChI=1S/C21H41N3O3/c1-7-9-10-11-12-13-14-15-16-18(25)22-19(24(6)17-8-2)23-20(26)27-21(3,4)5/h7-17H2,1-6H3,(H,22,23,25,26)/i6D3. The van der Waals surface area contributed by atoms with Crippen LogP contribution in [-0.2, 0) is 9.53 Å². The number of guanidine groups is 1. The fraction of sp³-hybridized carbons (Fsp3) is 0.857. The van der Waals surface area contributed by atoms with Crippen molar-refractivity contribution in [3.63, 3.8) is 0 Å². The number of ether oxygens (including phenoxy) is 1. The fourth-order valence-electron chi connectivity index (χ4n) is 2.46. The van der Waals surface area contributed by atoms with Crippen LogP contribution in [0, 0.1) is 0 Å². The molecule has 0 heterocycles. The molecule has 0 saturated heterocycles. The monoisotopic (exact) mass is 386 g/mol. The van der Waals surface area contributed by atoms with Crippen molar-refractivity contribution in [1.29, 1.82) is 0 Å². The summed E-state index contributed by atoms with van der Waals surface area (Å²) in [4.78, 5) is 29.2. The molecule has 6 nitrogen and oxygen atoms in total. The zero-order chi connectivity index (χ0) is 23.2. The Hall–Kier alpha value is -1.59. The average Bonchev–Trinajstić information content (AvgIpc) is 2.58. The molecule has 2 amide bonds. The Bertz CT molecular complexity index is 544. The molecule has 0 saturated carbocycles. The van der Waals surface area contributed by atoms with Crippen LogP contribution in [-0.4, -0.2) is 42.0 Å². The van der Waals surface area contributed by atoms with E-state index in [9.17, 15) is 9.59 Å². The first kappa shape index (κ1) is 20.2. The van der Waals surface area contributed by atoms with Crippen molar-refractivity contribution in [1.82, 2.24) is 10.2 Å². The van der Waals surface area contributed by atoms with Crippen molar-refractivity contribution in [2.24, 2.45) is 4.99 Å². The molecule has 0 aromatic heterocycles. The highest BCUT2D eigenvalue weighted by Gasteiger charge is 2.18. The van der Waals surface area contributed by atoms with Gasteiger partial charge in [-0.15, -0.1) is 4.99 Å². The van der Waals surface area contributed by atoms with E-state index in [1.54, 1.807) is 20.8 Å². The van der Waals surface area contributed by atoms with Gasteiger partial charge >= 0.3 is 6.09 Å². The smallest absolute Gasteiger partial charge is 0.437 e. The van der Waals surface area contributed by atoms with Gasteiger partial charge in [-0.05, 0) is 33.6 Å². The van der Waals surface area contributed by atoms with Crippen molar-refractivity contribution >= 4 is 18.0 Å². The summed E-state index contributed by atoms with van der Waals surface area (Å²) >= 11 is 0. The van der Waals surface area contributed by atoms with Crippen molar-refractivity contribution in [2.75, 3.05) is 13.5 Å². The maximum absolute atomic E-state index is 12.4. The molecule has 0 aliphatic heterocycles. The van der Waals surface area contributed by atoms with E-state index in [0.29, 0.717) is 12.8 Å². The summed E-state index contributed by atoms with van der Waals surface area (Å²) in [5, 5.41) is 2.52. The maximum Gasteiger partial charge on any atom is 0.437 e. The quantitative estimate of drug-likeness (QED) is 0.298.